The Labute approximate surface area is 107 Å². The zero-order chi connectivity index (χ0) is 13.2. The van der Waals surface area contributed by atoms with Crippen molar-refractivity contribution in [2.45, 2.75) is 23.8 Å². The van der Waals surface area contributed by atoms with Gasteiger partial charge in [-0.15, -0.1) is 0 Å². The molecule has 1 atom stereocenters. The first-order valence-corrected chi connectivity index (χ1v) is 7.40. The third-order valence-electron chi connectivity index (χ3n) is 3.28. The first-order chi connectivity index (χ1) is 8.51. The fourth-order valence-corrected chi connectivity index (χ4v) is 3.50. The van der Waals surface area contributed by atoms with Gasteiger partial charge in [0.1, 0.15) is 5.82 Å². The van der Waals surface area contributed by atoms with Gasteiger partial charge in [-0.1, -0.05) is 0 Å². The normalized spacial score (nSPS) is 21.2. The first-order valence-electron chi connectivity index (χ1n) is 5.96. The Bertz CT molecular complexity index is 495. The summed E-state index contributed by atoms with van der Waals surface area (Å²) in [5.74, 6) is -0.434. The highest BCUT2D eigenvalue weighted by molar-refractivity contribution is 7.89. The lowest BCUT2D eigenvalue weighted by molar-refractivity contribution is 0.300. The van der Waals surface area contributed by atoms with Crippen LogP contribution in [-0.4, -0.2) is 38.9 Å². The van der Waals surface area contributed by atoms with Gasteiger partial charge in [-0.25, -0.2) is 12.8 Å². The minimum absolute atomic E-state index is 0.0335. The molecular weight excluding hydrogens is 255 g/mol. The van der Waals surface area contributed by atoms with Crippen LogP contribution in [0.3, 0.4) is 0 Å². The number of likely N-dealkylation sites (N-methyl/N-ethyl adjacent to an activating group) is 1. The molecule has 4 nitrogen and oxygen atoms in total. The van der Waals surface area contributed by atoms with Crippen molar-refractivity contribution in [3.8, 4) is 0 Å². The van der Waals surface area contributed by atoms with E-state index in [0.717, 1.165) is 19.4 Å². The van der Waals surface area contributed by atoms with Crippen molar-refractivity contribution in [2.75, 3.05) is 20.1 Å². The number of benzene rings is 1. The first kappa shape index (κ1) is 13.5. The zero-order valence-electron chi connectivity index (χ0n) is 10.3. The minimum atomic E-state index is -3.53. The van der Waals surface area contributed by atoms with Crippen molar-refractivity contribution in [3.63, 3.8) is 0 Å². The average Bonchev–Trinajstić information content (AvgIpc) is 2.39. The Morgan fingerprint density at radius 1 is 1.33 bits per heavy atom. The van der Waals surface area contributed by atoms with Gasteiger partial charge in [0.15, 0.2) is 0 Å². The van der Waals surface area contributed by atoms with Gasteiger partial charge >= 0.3 is 0 Å². The summed E-state index contributed by atoms with van der Waals surface area (Å²) in [7, 11) is -1.95. The number of hydrogen-bond donors (Lipinski definition) is 1. The second-order valence-electron chi connectivity index (χ2n) is 4.48. The highest BCUT2D eigenvalue weighted by Crippen LogP contribution is 2.19. The van der Waals surface area contributed by atoms with Crippen molar-refractivity contribution >= 4 is 10.0 Å². The van der Waals surface area contributed by atoms with E-state index in [9.17, 15) is 12.8 Å². The van der Waals surface area contributed by atoms with Gasteiger partial charge < -0.3 is 5.32 Å². The van der Waals surface area contributed by atoms with Crippen LogP contribution in [0.2, 0.25) is 0 Å². The van der Waals surface area contributed by atoms with E-state index < -0.39 is 15.8 Å². The summed E-state index contributed by atoms with van der Waals surface area (Å²) >= 11 is 0. The quantitative estimate of drug-likeness (QED) is 0.899. The summed E-state index contributed by atoms with van der Waals surface area (Å²) in [5, 5.41) is 3.18. The van der Waals surface area contributed by atoms with Crippen LogP contribution in [0.15, 0.2) is 29.2 Å². The Kier molecular flexibility index (Phi) is 3.99. The third kappa shape index (κ3) is 2.71. The molecule has 1 aliphatic heterocycles. The van der Waals surface area contributed by atoms with Gasteiger partial charge in [0.25, 0.3) is 0 Å². The van der Waals surface area contributed by atoms with Crippen LogP contribution < -0.4 is 5.32 Å². The molecule has 18 heavy (non-hydrogen) atoms. The summed E-state index contributed by atoms with van der Waals surface area (Å²) in [6.07, 6.45) is 1.82. The second kappa shape index (κ2) is 5.34. The fourth-order valence-electron chi connectivity index (χ4n) is 2.11. The number of nitrogens with one attached hydrogen (secondary N) is 1. The molecule has 0 bridgehead atoms. The Hall–Kier alpha value is -0.980. The molecule has 2 rings (SSSR count). The van der Waals surface area contributed by atoms with Crippen LogP contribution in [0.4, 0.5) is 4.39 Å². The summed E-state index contributed by atoms with van der Waals surface area (Å²) in [5.41, 5.74) is 0. The smallest absolute Gasteiger partial charge is 0.243 e. The third-order valence-corrected chi connectivity index (χ3v) is 5.20. The number of piperidine rings is 1. The van der Waals surface area contributed by atoms with Gasteiger partial charge in [-0.05, 0) is 43.7 Å². The van der Waals surface area contributed by atoms with E-state index >= 15 is 0 Å². The summed E-state index contributed by atoms with van der Waals surface area (Å²) in [6, 6.07) is 4.91. The van der Waals surface area contributed by atoms with Crippen molar-refractivity contribution in [2.24, 2.45) is 0 Å². The van der Waals surface area contributed by atoms with Gasteiger partial charge in [0.2, 0.25) is 10.0 Å². The second-order valence-corrected chi connectivity index (χ2v) is 6.47. The lowest BCUT2D eigenvalue weighted by atomic mass is 10.1. The summed E-state index contributed by atoms with van der Waals surface area (Å²) in [6.45, 7) is 1.60. The molecule has 1 heterocycles. The predicted molar refractivity (Wildman–Crippen MR) is 67.2 cm³/mol. The Balaban J connectivity index is 2.21. The predicted octanol–water partition coefficient (Wildman–Crippen LogP) is 1.20. The maximum absolute atomic E-state index is 12.8. The highest BCUT2D eigenvalue weighted by atomic mass is 32.2. The molecule has 6 heteroatoms. The highest BCUT2D eigenvalue weighted by Gasteiger charge is 2.28. The molecule has 0 spiro atoms. The van der Waals surface area contributed by atoms with Crippen molar-refractivity contribution in [1.82, 2.24) is 9.62 Å². The molecule has 1 saturated heterocycles. The molecule has 0 amide bonds. The Morgan fingerprint density at radius 3 is 2.56 bits per heavy atom. The topological polar surface area (TPSA) is 49.4 Å². The molecule has 100 valence electrons. The van der Waals surface area contributed by atoms with Crippen LogP contribution in [-0.2, 0) is 10.0 Å². The summed E-state index contributed by atoms with van der Waals surface area (Å²) in [4.78, 5) is 0.136. The van der Waals surface area contributed by atoms with Gasteiger partial charge in [-0.3, -0.25) is 0 Å². The molecule has 0 aromatic heterocycles. The number of nitrogens with zero attached hydrogens (tertiary/aromatic N) is 1. The molecule has 1 N–H and O–H groups in total. The number of sulfonamides is 1. The van der Waals surface area contributed by atoms with Crippen LogP contribution >= 0.6 is 0 Å². The van der Waals surface area contributed by atoms with E-state index in [2.05, 4.69) is 5.32 Å². The molecule has 1 aromatic carbocycles. The zero-order valence-corrected chi connectivity index (χ0v) is 11.1. The SMILES string of the molecule is CN([C@@H]1CCCNC1)S(=O)(=O)c1ccc(F)cc1. The molecule has 1 aliphatic rings. The van der Waals surface area contributed by atoms with Gasteiger partial charge in [0.05, 0.1) is 4.90 Å². The van der Waals surface area contributed by atoms with Gasteiger partial charge in [-0.2, -0.15) is 4.31 Å². The summed E-state index contributed by atoms with van der Waals surface area (Å²) < 4.78 is 38.8. The van der Waals surface area contributed by atoms with Crippen LogP contribution in [0.5, 0.6) is 0 Å². The van der Waals surface area contributed by atoms with E-state index in [0.29, 0.717) is 6.54 Å². The molecular formula is C12H17FN2O2S. The van der Waals surface area contributed by atoms with Crippen molar-refractivity contribution in [1.29, 1.82) is 0 Å². The van der Waals surface area contributed by atoms with Crippen LogP contribution in [0, 0.1) is 5.82 Å². The standard InChI is InChI=1S/C12H17FN2O2S/c1-15(11-3-2-8-14-9-11)18(16,17)12-6-4-10(13)5-7-12/h4-7,11,14H,2-3,8-9H2,1H3/t11-/m1/s1. The van der Waals surface area contributed by atoms with E-state index in [1.54, 1.807) is 7.05 Å². The van der Waals surface area contributed by atoms with E-state index in [4.69, 9.17) is 0 Å². The largest absolute Gasteiger partial charge is 0.315 e. The molecule has 1 aromatic rings. The molecule has 1 fully saturated rings. The lowest BCUT2D eigenvalue weighted by Crippen LogP contribution is -2.46. The maximum Gasteiger partial charge on any atom is 0.243 e. The van der Waals surface area contributed by atoms with Gasteiger partial charge in [0, 0.05) is 19.6 Å². The number of halogens is 1. The molecule has 0 aliphatic carbocycles. The molecule has 0 unspecified atom stereocenters. The van der Waals surface area contributed by atoms with E-state index in [1.807, 2.05) is 0 Å². The van der Waals surface area contributed by atoms with Crippen molar-refractivity contribution in [3.05, 3.63) is 30.1 Å². The van der Waals surface area contributed by atoms with Crippen LogP contribution in [0.25, 0.3) is 0 Å². The fraction of sp³-hybridized carbons (Fsp3) is 0.500. The maximum atomic E-state index is 12.8. The van der Waals surface area contributed by atoms with Crippen LogP contribution in [0.1, 0.15) is 12.8 Å². The number of rotatable bonds is 3. The van der Waals surface area contributed by atoms with Crippen molar-refractivity contribution < 1.29 is 12.8 Å². The van der Waals surface area contributed by atoms with E-state index in [-0.39, 0.29) is 10.9 Å². The molecule has 0 saturated carbocycles. The minimum Gasteiger partial charge on any atom is -0.315 e. The number of hydrogen-bond acceptors (Lipinski definition) is 3. The average molecular weight is 272 g/mol. The lowest BCUT2D eigenvalue weighted by Gasteiger charge is -2.30. The molecule has 0 radical (unpaired) electrons. The van der Waals surface area contributed by atoms with E-state index in [1.165, 1.54) is 28.6 Å². The monoisotopic (exact) mass is 272 g/mol. The Morgan fingerprint density at radius 2 is 2.00 bits per heavy atom.